The van der Waals surface area contributed by atoms with Gasteiger partial charge in [0, 0.05) is 0 Å². The van der Waals surface area contributed by atoms with Crippen molar-refractivity contribution in [1.29, 1.82) is 0 Å². The Bertz CT molecular complexity index is 508. The minimum absolute atomic E-state index is 0.316. The van der Waals surface area contributed by atoms with E-state index in [4.69, 9.17) is 21.7 Å². The van der Waals surface area contributed by atoms with Crippen molar-refractivity contribution in [2.24, 2.45) is 0 Å². The third-order valence-corrected chi connectivity index (χ3v) is 22.7. The first-order valence-electron chi connectivity index (χ1n) is 11.0. The van der Waals surface area contributed by atoms with Gasteiger partial charge in [0.1, 0.15) is 0 Å². The monoisotopic (exact) mass is 500 g/mol. The Labute approximate surface area is 177 Å². The molecule has 0 aromatic heterocycles. The van der Waals surface area contributed by atoms with Crippen LogP contribution in [0.4, 0.5) is 0 Å². The van der Waals surface area contributed by atoms with Crippen LogP contribution < -0.4 is 4.74 Å². The number of thiocarbonyl (C=S) groups is 1. The molecule has 1 rings (SSSR count). The molecule has 0 saturated carbocycles. The quantitative estimate of drug-likeness (QED) is 0.204. The zero-order chi connectivity index (χ0) is 20.1. The zero-order valence-electron chi connectivity index (χ0n) is 18.2. The van der Waals surface area contributed by atoms with Crippen LogP contribution in [0.3, 0.4) is 0 Å². The summed E-state index contributed by atoms with van der Waals surface area (Å²) in [6.45, 7) is 11.3. The Hall–Kier alpha value is -0.291. The molecule has 0 bridgehead atoms. The summed E-state index contributed by atoms with van der Waals surface area (Å²) in [5.74, 6) is 0.775. The van der Waals surface area contributed by atoms with Gasteiger partial charge in [-0.3, -0.25) is 0 Å². The molecule has 1 atom stereocenters. The van der Waals surface area contributed by atoms with E-state index < -0.39 is 18.4 Å². The maximum absolute atomic E-state index is 6.39. The molecule has 2 nitrogen and oxygen atoms in total. The number of hydrogen-bond acceptors (Lipinski definition) is 3. The molecule has 0 aliphatic carbocycles. The number of benzene rings is 1. The van der Waals surface area contributed by atoms with Gasteiger partial charge in [0.05, 0.1) is 0 Å². The van der Waals surface area contributed by atoms with E-state index in [1.54, 1.807) is 0 Å². The van der Waals surface area contributed by atoms with Crippen LogP contribution in [-0.2, 0) is 4.74 Å². The Morgan fingerprint density at radius 1 is 0.889 bits per heavy atom. The van der Waals surface area contributed by atoms with Gasteiger partial charge in [0.2, 0.25) is 0 Å². The van der Waals surface area contributed by atoms with Gasteiger partial charge in [0.15, 0.2) is 0 Å². The van der Waals surface area contributed by atoms with E-state index in [0.717, 1.165) is 12.2 Å². The topological polar surface area (TPSA) is 18.5 Å². The number of aryl methyl sites for hydroxylation is 1. The molecule has 0 aliphatic heterocycles. The fourth-order valence-electron chi connectivity index (χ4n) is 3.93. The molecule has 1 aromatic rings. The van der Waals surface area contributed by atoms with Crippen molar-refractivity contribution in [2.45, 2.75) is 97.0 Å². The van der Waals surface area contributed by atoms with Crippen molar-refractivity contribution in [2.75, 3.05) is 0 Å². The summed E-state index contributed by atoms with van der Waals surface area (Å²) in [6, 6.07) is 8.02. The van der Waals surface area contributed by atoms with Gasteiger partial charge in [-0.2, -0.15) is 0 Å². The molecule has 0 aliphatic rings. The van der Waals surface area contributed by atoms with E-state index in [2.05, 4.69) is 34.6 Å². The molecule has 0 N–H and O–H groups in total. The average Bonchev–Trinajstić information content (AvgIpc) is 2.68. The standard InChI is InChI=1S/C11H13O2S.3C4H9.Sn/c1-3-8-12-11(14)13-10-6-4-9(2)5-7-10;3*1-3-4-2;/h4-8H,3H2,1-2H3;3*1,3-4H2,2H3;. The predicted octanol–water partition coefficient (Wildman–Crippen LogP) is 7.84. The van der Waals surface area contributed by atoms with Gasteiger partial charge < -0.3 is 0 Å². The number of unbranched alkanes of at least 4 members (excludes halogenated alkanes) is 3. The summed E-state index contributed by atoms with van der Waals surface area (Å²) in [6.07, 6.45) is 8.91. The van der Waals surface area contributed by atoms with Gasteiger partial charge in [-0.15, -0.1) is 0 Å². The molecule has 1 unspecified atom stereocenters. The molecule has 0 heterocycles. The van der Waals surface area contributed by atoms with Crippen LogP contribution in [0, 0.1) is 6.92 Å². The van der Waals surface area contributed by atoms with Gasteiger partial charge in [-0.1, -0.05) is 0 Å². The van der Waals surface area contributed by atoms with Gasteiger partial charge >= 0.3 is 178 Å². The molecular weight excluding hydrogens is 459 g/mol. The second-order valence-electron chi connectivity index (χ2n) is 7.85. The van der Waals surface area contributed by atoms with Gasteiger partial charge in [-0.05, 0) is 0 Å². The molecule has 154 valence electrons. The Morgan fingerprint density at radius 2 is 1.37 bits per heavy atom. The predicted molar refractivity (Wildman–Crippen MR) is 124 cm³/mol. The summed E-state index contributed by atoms with van der Waals surface area (Å²) >= 11 is 3.03. The third-order valence-electron chi connectivity index (χ3n) is 5.60. The van der Waals surface area contributed by atoms with Crippen LogP contribution in [0.25, 0.3) is 0 Å². The van der Waals surface area contributed by atoms with Crippen molar-refractivity contribution in [3.05, 3.63) is 29.8 Å². The SMILES string of the molecule is CCC[CH2][Sn]([CH2]CCC)([CH2]CCC)[CH](CC)OC(=S)Oc1ccc(C)cc1. The van der Waals surface area contributed by atoms with E-state index in [1.165, 1.54) is 57.4 Å². The van der Waals surface area contributed by atoms with Crippen LogP contribution in [0.15, 0.2) is 24.3 Å². The van der Waals surface area contributed by atoms with Crippen molar-refractivity contribution in [3.8, 4) is 5.75 Å². The molecule has 0 fully saturated rings. The van der Waals surface area contributed by atoms with Crippen molar-refractivity contribution < 1.29 is 9.47 Å². The second kappa shape index (κ2) is 13.8. The Balaban J connectivity index is 2.91. The fraction of sp³-hybridized carbons (Fsp3) is 0.696. The summed E-state index contributed by atoms with van der Waals surface area (Å²) in [5.41, 5.74) is 1.22. The first kappa shape index (κ1) is 24.7. The Kier molecular flexibility index (Phi) is 12.7. The zero-order valence-corrected chi connectivity index (χ0v) is 21.9. The number of rotatable bonds is 13. The summed E-state index contributed by atoms with van der Waals surface area (Å²) in [5, 5.41) is 0.316. The Morgan fingerprint density at radius 3 is 1.78 bits per heavy atom. The molecule has 4 heteroatoms. The van der Waals surface area contributed by atoms with Crippen molar-refractivity contribution >= 4 is 35.8 Å². The summed E-state index contributed by atoms with van der Waals surface area (Å²) in [7, 11) is 0. The number of hydrogen-bond donors (Lipinski definition) is 0. The molecule has 0 amide bonds. The fourth-order valence-corrected chi connectivity index (χ4v) is 21.8. The van der Waals surface area contributed by atoms with E-state index in [1.807, 2.05) is 24.3 Å². The van der Waals surface area contributed by atoms with Gasteiger partial charge in [-0.25, -0.2) is 0 Å². The average molecular weight is 499 g/mol. The van der Waals surface area contributed by atoms with Crippen LogP contribution in [0.5, 0.6) is 5.75 Å². The molecular formula is C23H40O2SSn. The van der Waals surface area contributed by atoms with Crippen LogP contribution >= 0.6 is 12.2 Å². The number of ether oxygens (including phenoxy) is 2. The molecule has 1 aromatic carbocycles. The second-order valence-corrected chi connectivity index (χ2v) is 22.1. The van der Waals surface area contributed by atoms with E-state index in [-0.39, 0.29) is 0 Å². The molecule has 0 saturated heterocycles. The first-order valence-corrected chi connectivity index (χ1v) is 19.1. The van der Waals surface area contributed by atoms with Crippen molar-refractivity contribution in [1.82, 2.24) is 0 Å². The summed E-state index contributed by atoms with van der Waals surface area (Å²) in [4.78, 5) is 0. The van der Waals surface area contributed by atoms with Crippen molar-refractivity contribution in [3.63, 3.8) is 0 Å². The van der Waals surface area contributed by atoms with E-state index >= 15 is 0 Å². The van der Waals surface area contributed by atoms with Crippen LogP contribution in [0.2, 0.25) is 13.3 Å². The van der Waals surface area contributed by atoms with E-state index in [0.29, 0.717) is 9.36 Å². The maximum atomic E-state index is 6.39. The van der Waals surface area contributed by atoms with Crippen LogP contribution in [0.1, 0.15) is 78.2 Å². The minimum atomic E-state index is -2.47. The molecule has 27 heavy (non-hydrogen) atoms. The molecule has 0 spiro atoms. The normalized spacial score (nSPS) is 12.6. The van der Waals surface area contributed by atoms with E-state index in [9.17, 15) is 0 Å². The first-order chi connectivity index (χ1) is 13.0. The van der Waals surface area contributed by atoms with Crippen LogP contribution in [-0.4, -0.2) is 27.7 Å². The van der Waals surface area contributed by atoms with Gasteiger partial charge in [0.25, 0.3) is 0 Å². The molecule has 0 radical (unpaired) electrons. The summed E-state index contributed by atoms with van der Waals surface area (Å²) < 4.78 is 16.9. The third kappa shape index (κ3) is 8.72.